The molecule has 0 saturated heterocycles. The highest BCUT2D eigenvalue weighted by molar-refractivity contribution is 5.68. The van der Waals surface area contributed by atoms with E-state index in [4.69, 9.17) is 9.47 Å². The molecule has 0 aromatic heterocycles. The average molecular weight is 302 g/mol. The molecule has 1 aliphatic rings. The van der Waals surface area contributed by atoms with Crippen LogP contribution in [0.25, 0.3) is 6.08 Å². The maximum absolute atomic E-state index is 10.6. The maximum Gasteiger partial charge on any atom is 0.131 e. The van der Waals surface area contributed by atoms with Gasteiger partial charge in [-0.2, -0.15) is 0 Å². The van der Waals surface area contributed by atoms with Crippen molar-refractivity contribution >= 4 is 12.4 Å². The average Bonchev–Trinajstić information content (AvgIpc) is 2.52. The number of unbranched alkanes of at least 4 members (excludes halogenated alkanes) is 2. The van der Waals surface area contributed by atoms with Crippen LogP contribution >= 0.6 is 0 Å². The molecule has 1 aromatic carbocycles. The fourth-order valence-corrected chi connectivity index (χ4v) is 2.82. The summed E-state index contributed by atoms with van der Waals surface area (Å²) in [6, 6.07) is 4.23. The van der Waals surface area contributed by atoms with Gasteiger partial charge in [-0.1, -0.05) is 19.8 Å². The summed E-state index contributed by atoms with van der Waals surface area (Å²) >= 11 is 0. The van der Waals surface area contributed by atoms with Crippen LogP contribution in [0.1, 0.15) is 57.1 Å². The van der Waals surface area contributed by atoms with Crippen molar-refractivity contribution in [3.05, 3.63) is 29.3 Å². The third kappa shape index (κ3) is 3.90. The van der Waals surface area contributed by atoms with E-state index in [0.29, 0.717) is 12.8 Å². The molecule has 0 amide bonds. The van der Waals surface area contributed by atoms with E-state index >= 15 is 0 Å². The molecule has 1 unspecified atom stereocenters. The Morgan fingerprint density at radius 1 is 1.32 bits per heavy atom. The summed E-state index contributed by atoms with van der Waals surface area (Å²) in [7, 11) is 1.69. The van der Waals surface area contributed by atoms with Crippen LogP contribution in [-0.4, -0.2) is 19.0 Å². The number of hydrogen-bond acceptors (Lipinski definition) is 3. The number of ether oxygens (including phenoxy) is 2. The molecule has 0 spiro atoms. The van der Waals surface area contributed by atoms with Crippen molar-refractivity contribution in [1.82, 2.24) is 0 Å². The van der Waals surface area contributed by atoms with Gasteiger partial charge in [0.1, 0.15) is 23.4 Å². The topological polar surface area (TPSA) is 35.5 Å². The Labute approximate surface area is 133 Å². The van der Waals surface area contributed by atoms with Crippen LogP contribution in [0.15, 0.2) is 18.2 Å². The van der Waals surface area contributed by atoms with Gasteiger partial charge in [0.15, 0.2) is 0 Å². The van der Waals surface area contributed by atoms with Gasteiger partial charge in [0.05, 0.1) is 12.7 Å². The first-order chi connectivity index (χ1) is 10.6. The van der Waals surface area contributed by atoms with Gasteiger partial charge in [-0.3, -0.25) is 0 Å². The standard InChI is InChI=1S/C19H26O3/c1-4-5-6-8-15-13-17(21-3)16-9-11-19(2,10-7-12-20)22-18(16)14-15/h9,11-14H,4-8,10H2,1-3H3. The molecule has 2 rings (SSSR count). The lowest BCUT2D eigenvalue weighted by molar-refractivity contribution is -0.108. The van der Waals surface area contributed by atoms with E-state index < -0.39 is 5.60 Å². The molecule has 1 aromatic rings. The first-order valence-electron chi connectivity index (χ1n) is 8.14. The first kappa shape index (κ1) is 16.6. The Morgan fingerprint density at radius 3 is 2.82 bits per heavy atom. The number of rotatable bonds is 8. The van der Waals surface area contributed by atoms with Crippen molar-refractivity contribution in [2.75, 3.05) is 7.11 Å². The predicted molar refractivity (Wildman–Crippen MR) is 89.6 cm³/mol. The predicted octanol–water partition coefficient (Wildman–Crippen LogP) is 4.57. The Hall–Kier alpha value is -1.77. The van der Waals surface area contributed by atoms with Crippen LogP contribution in [0, 0.1) is 0 Å². The van der Waals surface area contributed by atoms with E-state index in [2.05, 4.69) is 25.1 Å². The third-order valence-electron chi connectivity index (χ3n) is 4.16. The van der Waals surface area contributed by atoms with Gasteiger partial charge in [0.2, 0.25) is 0 Å². The van der Waals surface area contributed by atoms with Crippen molar-refractivity contribution in [1.29, 1.82) is 0 Å². The molecular weight excluding hydrogens is 276 g/mol. The van der Waals surface area contributed by atoms with Gasteiger partial charge in [-0.05, 0) is 56.0 Å². The second-order valence-electron chi connectivity index (χ2n) is 6.12. The van der Waals surface area contributed by atoms with Crippen LogP contribution in [0.5, 0.6) is 11.5 Å². The smallest absolute Gasteiger partial charge is 0.131 e. The largest absolute Gasteiger partial charge is 0.496 e. The van der Waals surface area contributed by atoms with Gasteiger partial charge in [0, 0.05) is 6.42 Å². The van der Waals surface area contributed by atoms with Crippen molar-refractivity contribution in [3.8, 4) is 11.5 Å². The number of hydrogen-bond donors (Lipinski definition) is 0. The Balaban J connectivity index is 2.24. The molecule has 1 atom stereocenters. The lowest BCUT2D eigenvalue weighted by Crippen LogP contribution is -2.32. The van der Waals surface area contributed by atoms with Crippen LogP contribution in [0.3, 0.4) is 0 Å². The summed E-state index contributed by atoms with van der Waals surface area (Å²) in [6.07, 6.45) is 10.9. The highest BCUT2D eigenvalue weighted by Gasteiger charge is 2.28. The molecule has 0 aliphatic carbocycles. The fraction of sp³-hybridized carbons (Fsp3) is 0.526. The number of methoxy groups -OCH3 is 1. The molecule has 0 N–H and O–H groups in total. The van der Waals surface area contributed by atoms with Crippen molar-refractivity contribution in [2.24, 2.45) is 0 Å². The molecule has 3 heteroatoms. The molecule has 120 valence electrons. The van der Waals surface area contributed by atoms with Crippen molar-refractivity contribution in [3.63, 3.8) is 0 Å². The zero-order valence-electron chi connectivity index (χ0n) is 13.9. The molecule has 1 heterocycles. The van der Waals surface area contributed by atoms with Gasteiger partial charge >= 0.3 is 0 Å². The van der Waals surface area contributed by atoms with Crippen LogP contribution in [0.2, 0.25) is 0 Å². The Bertz CT molecular complexity index is 548. The minimum absolute atomic E-state index is 0.416. The van der Waals surface area contributed by atoms with E-state index in [1.54, 1.807) is 7.11 Å². The lowest BCUT2D eigenvalue weighted by atomic mass is 9.94. The van der Waals surface area contributed by atoms with Crippen molar-refractivity contribution < 1.29 is 14.3 Å². The summed E-state index contributed by atoms with van der Waals surface area (Å²) in [5.74, 6) is 1.72. The highest BCUT2D eigenvalue weighted by Crippen LogP contribution is 2.39. The normalized spacial score (nSPS) is 19.4. The lowest BCUT2D eigenvalue weighted by Gasteiger charge is -2.32. The van der Waals surface area contributed by atoms with Gasteiger partial charge < -0.3 is 14.3 Å². The van der Waals surface area contributed by atoms with Crippen LogP contribution in [-0.2, 0) is 11.2 Å². The van der Waals surface area contributed by atoms with Gasteiger partial charge in [-0.25, -0.2) is 0 Å². The molecule has 0 saturated carbocycles. The van der Waals surface area contributed by atoms with E-state index in [1.807, 2.05) is 13.0 Å². The molecule has 3 nitrogen and oxygen atoms in total. The zero-order valence-corrected chi connectivity index (χ0v) is 13.9. The van der Waals surface area contributed by atoms with Crippen LogP contribution < -0.4 is 9.47 Å². The number of carbonyl (C=O) groups is 1. The van der Waals surface area contributed by atoms with E-state index in [0.717, 1.165) is 29.8 Å². The zero-order chi connectivity index (χ0) is 16.0. The Morgan fingerprint density at radius 2 is 2.14 bits per heavy atom. The quantitative estimate of drug-likeness (QED) is 0.521. The second kappa shape index (κ2) is 7.48. The van der Waals surface area contributed by atoms with Gasteiger partial charge in [-0.15, -0.1) is 0 Å². The van der Waals surface area contributed by atoms with Crippen LogP contribution in [0.4, 0.5) is 0 Å². The minimum atomic E-state index is -0.416. The number of fused-ring (bicyclic) bond motifs is 1. The number of carbonyl (C=O) groups excluding carboxylic acids is 1. The summed E-state index contributed by atoms with van der Waals surface area (Å²) in [6.45, 7) is 4.23. The van der Waals surface area contributed by atoms with E-state index in [1.165, 1.54) is 24.8 Å². The van der Waals surface area contributed by atoms with E-state index in [-0.39, 0.29) is 0 Å². The SMILES string of the molecule is CCCCCc1cc(OC)c2c(c1)OC(C)(CCC=O)C=C2. The molecule has 0 radical (unpaired) electrons. The molecule has 1 aliphatic heterocycles. The molecular formula is C19H26O3. The Kier molecular flexibility index (Phi) is 5.64. The molecule has 0 fully saturated rings. The summed E-state index contributed by atoms with van der Waals surface area (Å²) in [5.41, 5.74) is 1.82. The number of benzene rings is 1. The van der Waals surface area contributed by atoms with Crippen molar-refractivity contribution in [2.45, 2.75) is 58.0 Å². The number of aldehydes is 1. The molecule has 22 heavy (non-hydrogen) atoms. The first-order valence-corrected chi connectivity index (χ1v) is 8.14. The fourth-order valence-electron chi connectivity index (χ4n) is 2.82. The highest BCUT2D eigenvalue weighted by atomic mass is 16.5. The number of aryl methyl sites for hydroxylation is 1. The third-order valence-corrected chi connectivity index (χ3v) is 4.16. The maximum atomic E-state index is 10.6. The summed E-state index contributed by atoms with van der Waals surface area (Å²) in [4.78, 5) is 10.6. The van der Waals surface area contributed by atoms with Gasteiger partial charge in [0.25, 0.3) is 0 Å². The summed E-state index contributed by atoms with van der Waals surface area (Å²) < 4.78 is 11.7. The molecule has 0 bridgehead atoms. The summed E-state index contributed by atoms with van der Waals surface area (Å²) in [5, 5.41) is 0. The minimum Gasteiger partial charge on any atom is -0.496 e. The monoisotopic (exact) mass is 302 g/mol. The second-order valence-corrected chi connectivity index (χ2v) is 6.12. The van der Waals surface area contributed by atoms with E-state index in [9.17, 15) is 4.79 Å².